The van der Waals surface area contributed by atoms with Gasteiger partial charge in [0.2, 0.25) is 0 Å². The number of aromatic nitrogens is 3. The molecule has 1 N–H and O–H groups in total. The minimum absolute atomic E-state index is 0.711. The molecule has 0 unspecified atom stereocenters. The van der Waals surface area contributed by atoms with Gasteiger partial charge in [-0.2, -0.15) is 0 Å². The molecule has 0 spiro atoms. The highest BCUT2D eigenvalue weighted by molar-refractivity contribution is 5.52. The summed E-state index contributed by atoms with van der Waals surface area (Å²) >= 11 is 0. The summed E-state index contributed by atoms with van der Waals surface area (Å²) in [6.07, 6.45) is 7.14. The molecule has 0 amide bonds. The van der Waals surface area contributed by atoms with Crippen LogP contribution < -0.4 is 5.32 Å². The maximum absolute atomic E-state index is 4.28. The summed E-state index contributed by atoms with van der Waals surface area (Å²) in [4.78, 5) is 12.6. The molecule has 2 aromatic rings. The Morgan fingerprint density at radius 1 is 1.20 bits per heavy atom. The molecule has 0 aliphatic carbocycles. The molecule has 0 saturated carbocycles. The van der Waals surface area contributed by atoms with Crippen LogP contribution in [0.1, 0.15) is 5.56 Å². The van der Waals surface area contributed by atoms with Crippen LogP contribution in [0.4, 0.5) is 0 Å². The highest BCUT2D eigenvalue weighted by Crippen LogP contribution is 2.11. The maximum Gasteiger partial charge on any atom is 0.160 e. The monoisotopic (exact) mass is 200 g/mol. The van der Waals surface area contributed by atoms with Gasteiger partial charge in [0.25, 0.3) is 0 Å². The van der Waals surface area contributed by atoms with Crippen molar-refractivity contribution in [2.45, 2.75) is 6.54 Å². The SMILES string of the molecule is CNCc1cnc(-c2cccnc2)nc1. The molecular formula is C11H12N4. The Morgan fingerprint density at radius 2 is 2.00 bits per heavy atom. The van der Waals surface area contributed by atoms with Crippen molar-refractivity contribution in [2.24, 2.45) is 0 Å². The van der Waals surface area contributed by atoms with Gasteiger partial charge in [-0.05, 0) is 19.2 Å². The van der Waals surface area contributed by atoms with Crippen LogP contribution in [0.15, 0.2) is 36.9 Å². The van der Waals surface area contributed by atoms with Crippen molar-refractivity contribution in [3.8, 4) is 11.4 Å². The summed E-state index contributed by atoms with van der Waals surface area (Å²) in [6.45, 7) is 0.785. The van der Waals surface area contributed by atoms with E-state index < -0.39 is 0 Å². The molecule has 0 aliphatic heterocycles. The van der Waals surface area contributed by atoms with Gasteiger partial charge in [0.05, 0.1) is 0 Å². The Bertz CT molecular complexity index is 410. The molecule has 4 heteroatoms. The number of hydrogen-bond acceptors (Lipinski definition) is 4. The van der Waals surface area contributed by atoms with E-state index in [9.17, 15) is 0 Å². The van der Waals surface area contributed by atoms with Crippen LogP contribution in [-0.2, 0) is 6.54 Å². The smallest absolute Gasteiger partial charge is 0.160 e. The van der Waals surface area contributed by atoms with Crippen molar-refractivity contribution < 1.29 is 0 Å². The molecule has 0 aliphatic rings. The lowest BCUT2D eigenvalue weighted by Crippen LogP contribution is -2.06. The number of hydrogen-bond donors (Lipinski definition) is 1. The van der Waals surface area contributed by atoms with Gasteiger partial charge < -0.3 is 5.32 Å². The molecule has 0 saturated heterocycles. The maximum atomic E-state index is 4.28. The van der Waals surface area contributed by atoms with Gasteiger partial charge in [-0.15, -0.1) is 0 Å². The number of rotatable bonds is 3. The Morgan fingerprint density at radius 3 is 2.60 bits per heavy atom. The zero-order chi connectivity index (χ0) is 10.5. The van der Waals surface area contributed by atoms with Gasteiger partial charge in [-0.1, -0.05) is 0 Å². The molecule has 2 rings (SSSR count). The largest absolute Gasteiger partial charge is 0.316 e. The van der Waals surface area contributed by atoms with Crippen molar-refractivity contribution in [3.63, 3.8) is 0 Å². The lowest BCUT2D eigenvalue weighted by molar-refractivity contribution is 0.807. The third-order valence-electron chi connectivity index (χ3n) is 2.01. The molecule has 76 valence electrons. The highest BCUT2D eigenvalue weighted by Gasteiger charge is 1.99. The topological polar surface area (TPSA) is 50.7 Å². The van der Waals surface area contributed by atoms with Crippen molar-refractivity contribution in [3.05, 3.63) is 42.5 Å². The lowest BCUT2D eigenvalue weighted by atomic mass is 10.2. The molecule has 0 bridgehead atoms. The Hall–Kier alpha value is -1.81. The lowest BCUT2D eigenvalue weighted by Gasteiger charge is -2.01. The van der Waals surface area contributed by atoms with E-state index in [1.54, 1.807) is 12.4 Å². The van der Waals surface area contributed by atoms with Crippen LogP contribution in [0.3, 0.4) is 0 Å². The molecule has 4 nitrogen and oxygen atoms in total. The van der Waals surface area contributed by atoms with Gasteiger partial charge in [-0.3, -0.25) is 4.98 Å². The van der Waals surface area contributed by atoms with E-state index in [0.717, 1.165) is 17.7 Å². The summed E-state index contributed by atoms with van der Waals surface area (Å²) in [5.74, 6) is 0.711. The van der Waals surface area contributed by atoms with Crippen molar-refractivity contribution >= 4 is 0 Å². The van der Waals surface area contributed by atoms with E-state index in [1.165, 1.54) is 0 Å². The molecule has 0 aromatic carbocycles. The van der Waals surface area contributed by atoms with E-state index in [4.69, 9.17) is 0 Å². The zero-order valence-corrected chi connectivity index (χ0v) is 8.51. The first-order chi connectivity index (χ1) is 7.40. The van der Waals surface area contributed by atoms with E-state index in [0.29, 0.717) is 5.82 Å². The van der Waals surface area contributed by atoms with E-state index >= 15 is 0 Å². The quantitative estimate of drug-likeness (QED) is 0.810. The third kappa shape index (κ3) is 2.35. The van der Waals surface area contributed by atoms with Crippen LogP contribution >= 0.6 is 0 Å². The summed E-state index contributed by atoms with van der Waals surface area (Å²) < 4.78 is 0. The van der Waals surface area contributed by atoms with Crippen LogP contribution in [0.2, 0.25) is 0 Å². The number of nitrogens with one attached hydrogen (secondary N) is 1. The van der Waals surface area contributed by atoms with Crippen LogP contribution in [0.25, 0.3) is 11.4 Å². The third-order valence-corrected chi connectivity index (χ3v) is 2.01. The normalized spacial score (nSPS) is 10.2. The summed E-state index contributed by atoms with van der Waals surface area (Å²) in [7, 11) is 1.90. The minimum Gasteiger partial charge on any atom is -0.316 e. The van der Waals surface area contributed by atoms with Crippen LogP contribution in [0.5, 0.6) is 0 Å². The number of pyridine rings is 1. The molecule has 15 heavy (non-hydrogen) atoms. The van der Waals surface area contributed by atoms with E-state index in [-0.39, 0.29) is 0 Å². The average molecular weight is 200 g/mol. The van der Waals surface area contributed by atoms with E-state index in [1.807, 2.05) is 31.6 Å². The predicted molar refractivity (Wildman–Crippen MR) is 58.0 cm³/mol. The first-order valence-corrected chi connectivity index (χ1v) is 4.76. The van der Waals surface area contributed by atoms with Gasteiger partial charge in [0.15, 0.2) is 5.82 Å². The van der Waals surface area contributed by atoms with Crippen LogP contribution in [0, 0.1) is 0 Å². The summed E-state index contributed by atoms with van der Waals surface area (Å²) in [5, 5.41) is 3.05. The molecule has 0 atom stereocenters. The Labute approximate surface area is 88.4 Å². The van der Waals surface area contributed by atoms with Crippen molar-refractivity contribution in [1.29, 1.82) is 0 Å². The van der Waals surface area contributed by atoms with E-state index in [2.05, 4.69) is 20.3 Å². The fourth-order valence-corrected chi connectivity index (χ4v) is 1.29. The molecule has 2 heterocycles. The molecule has 0 radical (unpaired) electrons. The summed E-state index contributed by atoms with van der Waals surface area (Å²) in [5.41, 5.74) is 2.01. The minimum atomic E-state index is 0.711. The van der Waals surface area contributed by atoms with Gasteiger partial charge in [0, 0.05) is 42.5 Å². The molecular weight excluding hydrogens is 188 g/mol. The van der Waals surface area contributed by atoms with Crippen LogP contribution in [-0.4, -0.2) is 22.0 Å². The number of nitrogens with zero attached hydrogens (tertiary/aromatic N) is 3. The fraction of sp³-hybridized carbons (Fsp3) is 0.182. The first kappa shape index (κ1) is 9.73. The summed E-state index contributed by atoms with van der Waals surface area (Å²) in [6, 6.07) is 3.82. The first-order valence-electron chi connectivity index (χ1n) is 4.76. The average Bonchev–Trinajstić information content (AvgIpc) is 2.32. The second-order valence-corrected chi connectivity index (χ2v) is 3.19. The van der Waals surface area contributed by atoms with Crippen molar-refractivity contribution in [2.75, 3.05) is 7.05 Å². The van der Waals surface area contributed by atoms with Crippen molar-refractivity contribution in [1.82, 2.24) is 20.3 Å². The van der Waals surface area contributed by atoms with Gasteiger partial charge >= 0.3 is 0 Å². The molecule has 0 fully saturated rings. The second kappa shape index (κ2) is 4.61. The second-order valence-electron chi connectivity index (χ2n) is 3.19. The fourth-order valence-electron chi connectivity index (χ4n) is 1.29. The molecule has 2 aromatic heterocycles. The highest BCUT2D eigenvalue weighted by atomic mass is 14.9. The standard InChI is InChI=1S/C11H12N4/c1-12-5-9-6-14-11(15-7-9)10-3-2-4-13-8-10/h2-4,6-8,12H,5H2,1H3. The Kier molecular flexibility index (Phi) is 2.99. The predicted octanol–water partition coefficient (Wildman–Crippen LogP) is 1.26. The van der Waals surface area contributed by atoms with Gasteiger partial charge in [-0.25, -0.2) is 9.97 Å². The van der Waals surface area contributed by atoms with Gasteiger partial charge in [0.1, 0.15) is 0 Å². The Balaban J connectivity index is 2.24. The zero-order valence-electron chi connectivity index (χ0n) is 8.51.